The van der Waals surface area contributed by atoms with Crippen LogP contribution in [0.5, 0.6) is 0 Å². The molecule has 0 heterocycles. The highest BCUT2D eigenvalue weighted by Crippen LogP contribution is 2.27. The van der Waals surface area contributed by atoms with Crippen LogP contribution in [0.2, 0.25) is 0 Å². The van der Waals surface area contributed by atoms with Crippen LogP contribution in [0.15, 0.2) is 0 Å². The van der Waals surface area contributed by atoms with E-state index >= 15 is 0 Å². The van der Waals surface area contributed by atoms with Gasteiger partial charge < -0.3 is 10.2 Å². The smallest absolute Gasteiger partial charge is 0.0620 e. The Balaban J connectivity index is 3.84. The van der Waals surface area contributed by atoms with Crippen molar-refractivity contribution >= 4 is 0 Å². The predicted octanol–water partition coefficient (Wildman–Crippen LogP) is 5.21. The number of aliphatic hydroxyl groups is 2. The van der Waals surface area contributed by atoms with Crippen LogP contribution in [0.1, 0.15) is 105 Å². The fourth-order valence-corrected chi connectivity index (χ4v) is 2.65. The van der Waals surface area contributed by atoms with Crippen molar-refractivity contribution in [2.45, 2.75) is 116 Å². The van der Waals surface area contributed by atoms with E-state index in [1.165, 1.54) is 38.5 Å². The monoisotopic (exact) mass is 286 g/mol. The molecule has 0 aliphatic carbocycles. The Hall–Kier alpha value is -0.0800. The fourth-order valence-electron chi connectivity index (χ4n) is 2.65. The molecule has 2 atom stereocenters. The average Bonchev–Trinajstić information content (AvgIpc) is 2.38. The van der Waals surface area contributed by atoms with Gasteiger partial charge in [-0.1, -0.05) is 65.2 Å². The molecule has 20 heavy (non-hydrogen) atoms. The third-order valence-electron chi connectivity index (χ3n) is 4.34. The first-order chi connectivity index (χ1) is 9.33. The van der Waals surface area contributed by atoms with Crippen molar-refractivity contribution in [2.75, 3.05) is 0 Å². The minimum absolute atomic E-state index is 0.610. The van der Waals surface area contributed by atoms with Gasteiger partial charge in [0.2, 0.25) is 0 Å². The molecule has 0 fully saturated rings. The van der Waals surface area contributed by atoms with Crippen LogP contribution in [0.4, 0.5) is 0 Å². The summed E-state index contributed by atoms with van der Waals surface area (Å²) in [6, 6.07) is 0. The van der Waals surface area contributed by atoms with Crippen molar-refractivity contribution in [3.05, 3.63) is 0 Å². The highest BCUT2D eigenvalue weighted by molar-refractivity contribution is 4.80. The van der Waals surface area contributed by atoms with Gasteiger partial charge in [-0.2, -0.15) is 0 Å². The highest BCUT2D eigenvalue weighted by atomic mass is 16.3. The summed E-state index contributed by atoms with van der Waals surface area (Å²) in [5, 5.41) is 20.8. The molecule has 0 radical (unpaired) electrons. The summed E-state index contributed by atoms with van der Waals surface area (Å²) >= 11 is 0. The van der Waals surface area contributed by atoms with Gasteiger partial charge in [0.05, 0.1) is 11.2 Å². The van der Waals surface area contributed by atoms with Crippen LogP contribution >= 0.6 is 0 Å². The fraction of sp³-hybridized carbons (Fsp3) is 1.00. The van der Waals surface area contributed by atoms with Gasteiger partial charge in [0.25, 0.3) is 0 Å². The summed E-state index contributed by atoms with van der Waals surface area (Å²) < 4.78 is 0. The van der Waals surface area contributed by atoms with Crippen LogP contribution in [0.25, 0.3) is 0 Å². The first-order valence-corrected chi connectivity index (χ1v) is 8.78. The lowest BCUT2D eigenvalue weighted by Crippen LogP contribution is -2.31. The van der Waals surface area contributed by atoms with Crippen LogP contribution < -0.4 is 0 Å². The maximum Gasteiger partial charge on any atom is 0.0620 e. The lowest BCUT2D eigenvalue weighted by molar-refractivity contribution is -0.0130. The summed E-state index contributed by atoms with van der Waals surface area (Å²) in [6.45, 7) is 8.25. The van der Waals surface area contributed by atoms with Gasteiger partial charge in [0, 0.05) is 0 Å². The number of hydrogen-bond acceptors (Lipinski definition) is 2. The quantitative estimate of drug-likeness (QED) is 0.456. The predicted molar refractivity (Wildman–Crippen MR) is 88.0 cm³/mol. The van der Waals surface area contributed by atoms with Crippen molar-refractivity contribution < 1.29 is 10.2 Å². The van der Waals surface area contributed by atoms with E-state index in [-0.39, 0.29) is 0 Å². The molecule has 0 saturated carbocycles. The molecule has 0 rings (SSSR count). The van der Waals surface area contributed by atoms with E-state index in [1.54, 1.807) is 0 Å². The zero-order chi connectivity index (χ0) is 15.5. The van der Waals surface area contributed by atoms with Crippen LogP contribution in [-0.4, -0.2) is 21.4 Å². The first kappa shape index (κ1) is 19.9. The topological polar surface area (TPSA) is 40.5 Å². The molecule has 0 aromatic carbocycles. The zero-order valence-electron chi connectivity index (χ0n) is 14.4. The minimum atomic E-state index is -0.610. The van der Waals surface area contributed by atoms with Crippen molar-refractivity contribution in [2.24, 2.45) is 0 Å². The molecule has 2 nitrogen and oxygen atoms in total. The summed E-state index contributed by atoms with van der Waals surface area (Å²) in [5.74, 6) is 0. The van der Waals surface area contributed by atoms with Gasteiger partial charge >= 0.3 is 0 Å². The first-order valence-electron chi connectivity index (χ1n) is 8.78. The second kappa shape index (κ2) is 10.6. The van der Waals surface area contributed by atoms with Gasteiger partial charge in [0.1, 0.15) is 0 Å². The van der Waals surface area contributed by atoms with Crippen LogP contribution in [-0.2, 0) is 0 Å². The maximum absolute atomic E-state index is 10.4. The van der Waals surface area contributed by atoms with E-state index in [2.05, 4.69) is 13.8 Å². The summed E-state index contributed by atoms with van der Waals surface area (Å²) in [4.78, 5) is 0. The summed E-state index contributed by atoms with van der Waals surface area (Å²) in [5.41, 5.74) is -1.22. The Morgan fingerprint density at radius 3 is 1.20 bits per heavy atom. The molecule has 0 aliphatic rings. The van der Waals surface area contributed by atoms with E-state index in [0.717, 1.165) is 25.7 Å². The molecule has 0 saturated heterocycles. The van der Waals surface area contributed by atoms with Gasteiger partial charge in [-0.05, 0) is 39.5 Å². The zero-order valence-corrected chi connectivity index (χ0v) is 14.4. The van der Waals surface area contributed by atoms with E-state index in [4.69, 9.17) is 0 Å². The molecule has 2 unspecified atom stereocenters. The molecule has 0 amide bonds. The molecule has 0 aromatic heterocycles. The average molecular weight is 286 g/mol. The normalized spacial score (nSPS) is 17.7. The third-order valence-corrected chi connectivity index (χ3v) is 4.34. The Bertz CT molecular complexity index is 197. The summed E-state index contributed by atoms with van der Waals surface area (Å²) in [7, 11) is 0. The van der Waals surface area contributed by atoms with Crippen LogP contribution in [0.3, 0.4) is 0 Å². The molecular weight excluding hydrogens is 248 g/mol. The van der Waals surface area contributed by atoms with Crippen molar-refractivity contribution in [1.29, 1.82) is 0 Å². The van der Waals surface area contributed by atoms with E-state index in [0.29, 0.717) is 12.8 Å². The maximum atomic E-state index is 10.4. The molecule has 0 aromatic rings. The number of unbranched alkanes of at least 4 members (excludes halogenated alkanes) is 6. The molecule has 2 N–H and O–H groups in total. The van der Waals surface area contributed by atoms with E-state index in [1.807, 2.05) is 13.8 Å². The molecule has 0 spiro atoms. The van der Waals surface area contributed by atoms with Gasteiger partial charge in [-0.25, -0.2) is 0 Å². The number of rotatable bonds is 13. The standard InChI is InChI=1S/C18H38O2/c1-5-7-9-11-13-17(3,19)15-16-18(4,20)14-12-10-8-6-2/h19-20H,5-16H2,1-4H3. The molecule has 122 valence electrons. The van der Waals surface area contributed by atoms with Crippen LogP contribution in [0, 0.1) is 0 Å². The van der Waals surface area contributed by atoms with Crippen molar-refractivity contribution in [1.82, 2.24) is 0 Å². The lowest BCUT2D eigenvalue weighted by atomic mass is 9.85. The Morgan fingerprint density at radius 1 is 0.550 bits per heavy atom. The number of hydrogen-bond donors (Lipinski definition) is 2. The SMILES string of the molecule is CCCCCCC(C)(O)CCC(C)(O)CCCCCC. The van der Waals surface area contributed by atoms with Gasteiger partial charge in [-0.3, -0.25) is 0 Å². The third kappa shape index (κ3) is 11.7. The molecule has 2 heteroatoms. The Labute approximate surface area is 127 Å². The van der Waals surface area contributed by atoms with E-state index < -0.39 is 11.2 Å². The lowest BCUT2D eigenvalue weighted by Gasteiger charge is -2.29. The minimum Gasteiger partial charge on any atom is -0.390 e. The van der Waals surface area contributed by atoms with Gasteiger partial charge in [-0.15, -0.1) is 0 Å². The summed E-state index contributed by atoms with van der Waals surface area (Å²) in [6.07, 6.45) is 12.7. The second-order valence-electron chi connectivity index (χ2n) is 7.12. The van der Waals surface area contributed by atoms with E-state index in [9.17, 15) is 10.2 Å². The van der Waals surface area contributed by atoms with Crippen molar-refractivity contribution in [3.63, 3.8) is 0 Å². The second-order valence-corrected chi connectivity index (χ2v) is 7.12. The molecule has 0 aliphatic heterocycles. The molecular formula is C18H38O2. The van der Waals surface area contributed by atoms with Gasteiger partial charge in [0.15, 0.2) is 0 Å². The Kier molecular flexibility index (Phi) is 10.6. The highest BCUT2D eigenvalue weighted by Gasteiger charge is 2.26. The molecule has 0 bridgehead atoms. The largest absolute Gasteiger partial charge is 0.390 e. The van der Waals surface area contributed by atoms with Crippen molar-refractivity contribution in [3.8, 4) is 0 Å². The Morgan fingerprint density at radius 2 is 0.900 bits per heavy atom.